The van der Waals surface area contributed by atoms with Crippen molar-refractivity contribution < 1.29 is 8.42 Å². The molecule has 2 rings (SSSR count). The van der Waals surface area contributed by atoms with Crippen LogP contribution in [0, 0.1) is 0 Å². The number of piperazine rings is 1. The molecule has 0 aliphatic carbocycles. The van der Waals surface area contributed by atoms with Crippen LogP contribution in [-0.4, -0.2) is 51.8 Å². The number of nitrogens with one attached hydrogen (secondary N) is 1. The molecular weight excluding hydrogens is 274 g/mol. The van der Waals surface area contributed by atoms with E-state index in [0.717, 1.165) is 31.9 Å². The van der Waals surface area contributed by atoms with Crippen LogP contribution in [0.15, 0.2) is 24.3 Å². The Balaban J connectivity index is 2.05. The number of hydrogen-bond acceptors (Lipinski definition) is 4. The Labute approximate surface area is 121 Å². The Kier molecular flexibility index (Phi) is 4.55. The van der Waals surface area contributed by atoms with Gasteiger partial charge in [0.2, 0.25) is 10.0 Å². The van der Waals surface area contributed by atoms with Gasteiger partial charge in [0.25, 0.3) is 0 Å². The molecule has 0 spiro atoms. The molecular formula is C14H23N3O2S. The number of rotatable bonds is 4. The first-order chi connectivity index (χ1) is 9.35. The molecule has 1 heterocycles. The third-order valence-corrected chi connectivity index (χ3v) is 4.17. The van der Waals surface area contributed by atoms with E-state index in [-0.39, 0.29) is 0 Å². The summed E-state index contributed by atoms with van der Waals surface area (Å²) in [6, 6.07) is 8.16. The Hall–Kier alpha value is -1.27. The predicted octanol–water partition coefficient (Wildman–Crippen LogP) is 1.59. The normalized spacial score (nSPS) is 17.5. The van der Waals surface area contributed by atoms with Crippen molar-refractivity contribution in [1.82, 2.24) is 4.90 Å². The summed E-state index contributed by atoms with van der Waals surface area (Å²) in [7, 11) is -3.22. The van der Waals surface area contributed by atoms with Crippen molar-refractivity contribution in [3.05, 3.63) is 24.3 Å². The molecule has 0 amide bonds. The van der Waals surface area contributed by atoms with Gasteiger partial charge in [0.15, 0.2) is 0 Å². The number of anilines is 2. The molecule has 0 aromatic heterocycles. The fourth-order valence-electron chi connectivity index (χ4n) is 2.48. The lowest BCUT2D eigenvalue weighted by atomic mass is 10.2. The second-order valence-corrected chi connectivity index (χ2v) is 7.29. The highest BCUT2D eigenvalue weighted by molar-refractivity contribution is 7.92. The van der Waals surface area contributed by atoms with Crippen LogP contribution >= 0.6 is 0 Å². The summed E-state index contributed by atoms with van der Waals surface area (Å²) in [6.07, 6.45) is 1.17. The number of sulfonamides is 1. The molecule has 1 aliphatic heterocycles. The van der Waals surface area contributed by atoms with Crippen molar-refractivity contribution in [3.63, 3.8) is 0 Å². The molecule has 112 valence electrons. The Morgan fingerprint density at radius 3 is 2.35 bits per heavy atom. The minimum Gasteiger partial charge on any atom is -0.369 e. The van der Waals surface area contributed by atoms with Gasteiger partial charge in [-0.25, -0.2) is 8.42 Å². The van der Waals surface area contributed by atoms with Crippen LogP contribution in [-0.2, 0) is 10.0 Å². The molecule has 1 aromatic rings. The fourth-order valence-corrected chi connectivity index (χ4v) is 3.03. The van der Waals surface area contributed by atoms with Gasteiger partial charge in [0, 0.05) is 37.9 Å². The van der Waals surface area contributed by atoms with Gasteiger partial charge in [-0.05, 0) is 32.0 Å². The van der Waals surface area contributed by atoms with Crippen LogP contribution in [0.25, 0.3) is 0 Å². The molecule has 0 atom stereocenters. The summed E-state index contributed by atoms with van der Waals surface area (Å²) in [6.45, 7) is 8.46. The molecule has 5 nitrogen and oxygen atoms in total. The van der Waals surface area contributed by atoms with Crippen molar-refractivity contribution in [2.75, 3.05) is 42.1 Å². The first kappa shape index (κ1) is 15.1. The molecule has 0 saturated carbocycles. The first-order valence-corrected chi connectivity index (χ1v) is 8.81. The Morgan fingerprint density at radius 2 is 1.80 bits per heavy atom. The first-order valence-electron chi connectivity index (χ1n) is 6.92. The van der Waals surface area contributed by atoms with E-state index in [1.54, 1.807) is 6.07 Å². The lowest BCUT2D eigenvalue weighted by Gasteiger charge is -2.38. The van der Waals surface area contributed by atoms with E-state index in [1.807, 2.05) is 18.2 Å². The Bertz CT molecular complexity index is 549. The topological polar surface area (TPSA) is 52.6 Å². The predicted molar refractivity (Wildman–Crippen MR) is 83.8 cm³/mol. The highest BCUT2D eigenvalue weighted by Crippen LogP contribution is 2.21. The van der Waals surface area contributed by atoms with Gasteiger partial charge < -0.3 is 4.90 Å². The second kappa shape index (κ2) is 6.01. The van der Waals surface area contributed by atoms with E-state index in [0.29, 0.717) is 11.7 Å². The van der Waals surface area contributed by atoms with Crippen LogP contribution < -0.4 is 9.62 Å². The molecule has 1 N–H and O–H groups in total. The van der Waals surface area contributed by atoms with Gasteiger partial charge in [-0.3, -0.25) is 9.62 Å². The third kappa shape index (κ3) is 4.11. The van der Waals surface area contributed by atoms with Gasteiger partial charge in [-0.1, -0.05) is 6.07 Å². The zero-order valence-corrected chi connectivity index (χ0v) is 13.2. The van der Waals surface area contributed by atoms with E-state index in [4.69, 9.17) is 0 Å². The minimum absolute atomic E-state index is 0.579. The van der Waals surface area contributed by atoms with E-state index in [9.17, 15) is 8.42 Å². The monoisotopic (exact) mass is 297 g/mol. The van der Waals surface area contributed by atoms with Crippen molar-refractivity contribution in [3.8, 4) is 0 Å². The van der Waals surface area contributed by atoms with Crippen molar-refractivity contribution in [1.29, 1.82) is 0 Å². The number of benzene rings is 1. The summed E-state index contributed by atoms with van der Waals surface area (Å²) in [5.74, 6) is 0. The summed E-state index contributed by atoms with van der Waals surface area (Å²) in [5.41, 5.74) is 1.69. The maximum atomic E-state index is 11.3. The lowest BCUT2D eigenvalue weighted by Crippen LogP contribution is -2.48. The third-order valence-electron chi connectivity index (χ3n) is 3.56. The van der Waals surface area contributed by atoms with Crippen molar-refractivity contribution in [2.45, 2.75) is 19.9 Å². The van der Waals surface area contributed by atoms with Gasteiger partial charge >= 0.3 is 0 Å². The van der Waals surface area contributed by atoms with Crippen LogP contribution in [0.2, 0.25) is 0 Å². The zero-order chi connectivity index (χ0) is 14.8. The largest absolute Gasteiger partial charge is 0.369 e. The average molecular weight is 297 g/mol. The van der Waals surface area contributed by atoms with E-state index < -0.39 is 10.0 Å². The van der Waals surface area contributed by atoms with E-state index >= 15 is 0 Å². The molecule has 1 aromatic carbocycles. The molecule has 1 aliphatic rings. The van der Waals surface area contributed by atoms with Crippen molar-refractivity contribution >= 4 is 21.4 Å². The molecule has 0 unspecified atom stereocenters. The van der Waals surface area contributed by atoms with Crippen molar-refractivity contribution in [2.24, 2.45) is 0 Å². The number of nitrogens with zero attached hydrogens (tertiary/aromatic N) is 2. The van der Waals surface area contributed by atoms with Gasteiger partial charge in [0.1, 0.15) is 0 Å². The summed E-state index contributed by atoms with van der Waals surface area (Å²) < 4.78 is 25.1. The highest BCUT2D eigenvalue weighted by atomic mass is 32.2. The van der Waals surface area contributed by atoms with Crippen LogP contribution in [0.4, 0.5) is 11.4 Å². The average Bonchev–Trinajstić information content (AvgIpc) is 2.37. The van der Waals surface area contributed by atoms with Crippen LogP contribution in [0.3, 0.4) is 0 Å². The molecule has 20 heavy (non-hydrogen) atoms. The lowest BCUT2D eigenvalue weighted by molar-refractivity contribution is 0.209. The quantitative estimate of drug-likeness (QED) is 0.917. The van der Waals surface area contributed by atoms with E-state index in [2.05, 4.69) is 28.4 Å². The fraction of sp³-hybridized carbons (Fsp3) is 0.571. The zero-order valence-electron chi connectivity index (χ0n) is 12.3. The smallest absolute Gasteiger partial charge is 0.229 e. The molecule has 0 bridgehead atoms. The summed E-state index contributed by atoms with van der Waals surface area (Å²) >= 11 is 0. The standard InChI is InChI=1S/C14H23N3O2S/c1-12(2)16-7-9-17(10-8-16)14-6-4-5-13(11-14)15-20(3,18)19/h4-6,11-12,15H,7-10H2,1-3H3. The molecule has 1 saturated heterocycles. The summed E-state index contributed by atoms with van der Waals surface area (Å²) in [5, 5.41) is 0. The maximum Gasteiger partial charge on any atom is 0.229 e. The second-order valence-electron chi connectivity index (χ2n) is 5.54. The highest BCUT2D eigenvalue weighted by Gasteiger charge is 2.19. The molecule has 1 fully saturated rings. The van der Waals surface area contributed by atoms with Gasteiger partial charge in [-0.2, -0.15) is 0 Å². The SMILES string of the molecule is CC(C)N1CCN(c2cccc(NS(C)(=O)=O)c2)CC1. The van der Waals surface area contributed by atoms with Crippen LogP contribution in [0.5, 0.6) is 0 Å². The summed E-state index contributed by atoms with van der Waals surface area (Å²) in [4.78, 5) is 4.75. The van der Waals surface area contributed by atoms with Crippen LogP contribution in [0.1, 0.15) is 13.8 Å². The van der Waals surface area contributed by atoms with Gasteiger partial charge in [-0.15, -0.1) is 0 Å². The Morgan fingerprint density at radius 1 is 1.15 bits per heavy atom. The van der Waals surface area contributed by atoms with E-state index in [1.165, 1.54) is 6.26 Å². The minimum atomic E-state index is -3.22. The molecule has 6 heteroatoms. The number of hydrogen-bond donors (Lipinski definition) is 1. The molecule has 0 radical (unpaired) electrons. The maximum absolute atomic E-state index is 11.3. The van der Waals surface area contributed by atoms with Gasteiger partial charge in [0.05, 0.1) is 11.9 Å².